The van der Waals surface area contributed by atoms with E-state index in [1.165, 1.54) is 11.9 Å². The minimum absolute atomic E-state index is 0.146. The first-order valence-corrected chi connectivity index (χ1v) is 9.69. The zero-order chi connectivity index (χ0) is 20.3. The maximum Gasteiger partial charge on any atom is 0.245 e. The molecule has 8 heteroatoms. The Kier molecular flexibility index (Phi) is 6.08. The van der Waals surface area contributed by atoms with Crippen LogP contribution < -0.4 is 10.2 Å². The second kappa shape index (κ2) is 8.52. The number of benzene rings is 1. The number of aryl methyl sites for hydroxylation is 1. The molecule has 1 N–H and O–H groups in total. The van der Waals surface area contributed by atoms with Crippen LogP contribution in [0.25, 0.3) is 0 Å². The van der Waals surface area contributed by atoms with Gasteiger partial charge in [0.1, 0.15) is 11.7 Å². The number of carbonyl (C=O) groups is 3. The summed E-state index contributed by atoms with van der Waals surface area (Å²) in [6.07, 6.45) is 2.03. The van der Waals surface area contributed by atoms with Crippen LogP contribution in [0.4, 0.5) is 11.5 Å². The molecule has 1 saturated heterocycles. The van der Waals surface area contributed by atoms with E-state index in [2.05, 4.69) is 26.2 Å². The highest BCUT2D eigenvalue weighted by atomic mass is 79.9. The first kappa shape index (κ1) is 20.0. The number of amides is 3. The molecule has 3 amide bonds. The zero-order valence-electron chi connectivity index (χ0n) is 15.7. The number of para-hydroxylation sites is 1. The molecule has 1 aliphatic heterocycles. The molecule has 1 fully saturated rings. The van der Waals surface area contributed by atoms with Gasteiger partial charge in [0.2, 0.25) is 17.7 Å². The molecule has 3 rings (SSSR count). The number of carbonyl (C=O) groups excluding carboxylic acids is 3. The maximum absolute atomic E-state index is 12.8. The summed E-state index contributed by atoms with van der Waals surface area (Å²) in [4.78, 5) is 44.7. The van der Waals surface area contributed by atoms with Crippen molar-refractivity contribution in [3.05, 3.63) is 52.6 Å². The van der Waals surface area contributed by atoms with Gasteiger partial charge in [0.05, 0.1) is 12.2 Å². The third-order valence-electron chi connectivity index (χ3n) is 4.59. The van der Waals surface area contributed by atoms with Gasteiger partial charge in [0, 0.05) is 24.3 Å². The quantitative estimate of drug-likeness (QED) is 0.718. The summed E-state index contributed by atoms with van der Waals surface area (Å²) in [6, 6.07) is 11.0. The summed E-state index contributed by atoms with van der Waals surface area (Å²) < 4.78 is 0.801. The number of hydrogen-bond donors (Lipinski definition) is 1. The molecule has 2 aromatic rings. The number of halogens is 1. The Bertz CT molecular complexity index is 918. The maximum atomic E-state index is 12.8. The molecule has 1 atom stereocenters. The van der Waals surface area contributed by atoms with Crippen LogP contribution in [0.2, 0.25) is 0 Å². The summed E-state index contributed by atoms with van der Waals surface area (Å²) in [5.41, 5.74) is 1.71. The molecule has 1 aromatic heterocycles. The number of pyridine rings is 1. The SMILES string of the molecule is Cc1ccnc(NC(=O)CN(C)C(=O)C2CCN(c3ccccc3Br)C2=O)c1. The van der Waals surface area contributed by atoms with Gasteiger partial charge >= 0.3 is 0 Å². The molecular formula is C20H21BrN4O3. The molecule has 1 aromatic carbocycles. The van der Waals surface area contributed by atoms with Gasteiger partial charge in [-0.15, -0.1) is 0 Å². The van der Waals surface area contributed by atoms with Crippen LogP contribution >= 0.6 is 15.9 Å². The molecule has 0 spiro atoms. The van der Waals surface area contributed by atoms with Gasteiger partial charge in [0.25, 0.3) is 0 Å². The topological polar surface area (TPSA) is 82.6 Å². The monoisotopic (exact) mass is 444 g/mol. The number of anilines is 2. The van der Waals surface area contributed by atoms with Crippen molar-refractivity contribution in [2.75, 3.05) is 30.4 Å². The second-order valence-electron chi connectivity index (χ2n) is 6.74. The number of likely N-dealkylation sites (N-methyl/N-ethyl adjacent to an activating group) is 1. The Morgan fingerprint density at radius 2 is 2.07 bits per heavy atom. The number of nitrogens with one attached hydrogen (secondary N) is 1. The first-order chi connectivity index (χ1) is 13.4. The average molecular weight is 445 g/mol. The van der Waals surface area contributed by atoms with Crippen molar-refractivity contribution in [2.45, 2.75) is 13.3 Å². The Morgan fingerprint density at radius 3 is 2.79 bits per heavy atom. The van der Waals surface area contributed by atoms with Crippen molar-refractivity contribution in [2.24, 2.45) is 5.92 Å². The highest BCUT2D eigenvalue weighted by molar-refractivity contribution is 9.10. The molecule has 2 heterocycles. The predicted octanol–water partition coefficient (Wildman–Crippen LogP) is 2.60. The fraction of sp³-hybridized carbons (Fsp3) is 0.300. The standard InChI is InChI=1S/C20H21BrN4O3/c1-13-7-9-22-17(11-13)23-18(26)12-24(2)19(27)14-8-10-25(20(14)28)16-6-4-3-5-15(16)21/h3-7,9,11,14H,8,10,12H2,1-2H3,(H,22,23,26). The van der Waals surface area contributed by atoms with E-state index < -0.39 is 5.92 Å². The lowest BCUT2D eigenvalue weighted by molar-refractivity contribution is -0.140. The van der Waals surface area contributed by atoms with E-state index in [1.54, 1.807) is 17.2 Å². The second-order valence-corrected chi connectivity index (χ2v) is 7.60. The van der Waals surface area contributed by atoms with Crippen molar-refractivity contribution >= 4 is 45.2 Å². The highest BCUT2D eigenvalue weighted by Gasteiger charge is 2.39. The van der Waals surface area contributed by atoms with E-state index in [9.17, 15) is 14.4 Å². The summed E-state index contributed by atoms with van der Waals surface area (Å²) in [6.45, 7) is 2.22. The highest BCUT2D eigenvalue weighted by Crippen LogP contribution is 2.31. The van der Waals surface area contributed by atoms with Gasteiger partial charge in [0.15, 0.2) is 0 Å². The molecule has 28 heavy (non-hydrogen) atoms. The minimum Gasteiger partial charge on any atom is -0.336 e. The molecule has 1 aliphatic rings. The van der Waals surface area contributed by atoms with Gasteiger partial charge in [-0.2, -0.15) is 0 Å². The molecule has 0 saturated carbocycles. The van der Waals surface area contributed by atoms with Crippen molar-refractivity contribution in [1.82, 2.24) is 9.88 Å². The van der Waals surface area contributed by atoms with Crippen LogP contribution in [0.15, 0.2) is 47.1 Å². The zero-order valence-corrected chi connectivity index (χ0v) is 17.3. The van der Waals surface area contributed by atoms with Crippen LogP contribution in [0, 0.1) is 12.8 Å². The molecule has 0 aliphatic carbocycles. The largest absolute Gasteiger partial charge is 0.336 e. The Labute approximate surface area is 171 Å². The van der Waals surface area contributed by atoms with E-state index in [0.29, 0.717) is 18.8 Å². The lowest BCUT2D eigenvalue weighted by Crippen LogP contribution is -2.41. The third-order valence-corrected chi connectivity index (χ3v) is 5.26. The normalized spacial score (nSPS) is 16.2. The molecule has 1 unspecified atom stereocenters. The van der Waals surface area contributed by atoms with Crippen LogP contribution in [0.5, 0.6) is 0 Å². The summed E-state index contributed by atoms with van der Waals surface area (Å²) >= 11 is 3.44. The minimum atomic E-state index is -0.776. The van der Waals surface area contributed by atoms with Crippen molar-refractivity contribution in [3.63, 3.8) is 0 Å². The Hall–Kier alpha value is -2.74. The third kappa shape index (κ3) is 4.39. The molecule has 7 nitrogen and oxygen atoms in total. The van der Waals surface area contributed by atoms with E-state index in [4.69, 9.17) is 0 Å². The van der Waals surface area contributed by atoms with Gasteiger partial charge in [-0.25, -0.2) is 4.98 Å². The van der Waals surface area contributed by atoms with Crippen molar-refractivity contribution < 1.29 is 14.4 Å². The summed E-state index contributed by atoms with van der Waals surface area (Å²) in [5.74, 6) is -1.30. The van der Waals surface area contributed by atoms with Crippen LogP contribution in [-0.4, -0.2) is 47.7 Å². The number of rotatable bonds is 5. The summed E-state index contributed by atoms with van der Waals surface area (Å²) in [5, 5.41) is 2.67. The predicted molar refractivity (Wildman–Crippen MR) is 110 cm³/mol. The van der Waals surface area contributed by atoms with Gasteiger partial charge in [-0.1, -0.05) is 12.1 Å². The smallest absolute Gasteiger partial charge is 0.245 e. The van der Waals surface area contributed by atoms with Crippen molar-refractivity contribution in [1.29, 1.82) is 0 Å². The summed E-state index contributed by atoms with van der Waals surface area (Å²) in [7, 11) is 1.53. The first-order valence-electron chi connectivity index (χ1n) is 8.90. The molecule has 0 bridgehead atoms. The van der Waals surface area contributed by atoms with Crippen LogP contribution in [0.1, 0.15) is 12.0 Å². The van der Waals surface area contributed by atoms with Crippen LogP contribution in [0.3, 0.4) is 0 Å². The lowest BCUT2D eigenvalue weighted by Gasteiger charge is -2.21. The van der Waals surface area contributed by atoms with Gasteiger partial charge in [-0.3, -0.25) is 14.4 Å². The number of nitrogens with zero attached hydrogens (tertiary/aromatic N) is 3. The number of aromatic nitrogens is 1. The van der Waals surface area contributed by atoms with Crippen molar-refractivity contribution in [3.8, 4) is 0 Å². The van der Waals surface area contributed by atoms with E-state index >= 15 is 0 Å². The van der Waals surface area contributed by atoms with E-state index in [-0.39, 0.29) is 24.3 Å². The Balaban J connectivity index is 1.61. The molecule has 146 valence electrons. The number of hydrogen-bond acceptors (Lipinski definition) is 4. The van der Waals surface area contributed by atoms with Crippen LogP contribution in [-0.2, 0) is 14.4 Å². The van der Waals surface area contributed by atoms with Gasteiger partial charge < -0.3 is 15.1 Å². The van der Waals surface area contributed by atoms with E-state index in [1.807, 2.05) is 37.3 Å². The molecular weight excluding hydrogens is 424 g/mol. The molecule has 0 radical (unpaired) electrons. The average Bonchev–Trinajstić information content (AvgIpc) is 3.02. The fourth-order valence-corrected chi connectivity index (χ4v) is 3.66. The Morgan fingerprint density at radius 1 is 1.32 bits per heavy atom. The fourth-order valence-electron chi connectivity index (χ4n) is 3.17. The van der Waals surface area contributed by atoms with Gasteiger partial charge in [-0.05, 0) is 59.1 Å². The lowest BCUT2D eigenvalue weighted by atomic mass is 10.1. The van der Waals surface area contributed by atoms with E-state index in [0.717, 1.165) is 15.7 Å².